The molecule has 5 heteroatoms. The number of hydrogen-bond acceptors (Lipinski definition) is 4. The molecule has 1 unspecified atom stereocenters. The van der Waals surface area contributed by atoms with Crippen molar-refractivity contribution in [3.05, 3.63) is 48.3 Å². The molecule has 1 aromatic heterocycles. The van der Waals surface area contributed by atoms with Gasteiger partial charge in [0, 0.05) is 25.2 Å². The van der Waals surface area contributed by atoms with Crippen molar-refractivity contribution < 1.29 is 0 Å². The molecule has 2 rings (SSSR count). The van der Waals surface area contributed by atoms with Crippen molar-refractivity contribution >= 4 is 11.8 Å². The lowest BCUT2D eigenvalue weighted by atomic mass is 9.93. The molecule has 0 saturated carbocycles. The molecule has 20 heavy (non-hydrogen) atoms. The molecule has 2 aromatic rings. The first-order valence-electron chi connectivity index (χ1n) is 6.54. The predicted molar refractivity (Wildman–Crippen MR) is 81.3 cm³/mol. The van der Waals surface area contributed by atoms with Gasteiger partial charge in [0.1, 0.15) is 5.54 Å². The number of hydrogen-bond donors (Lipinski definition) is 1. The number of benzene rings is 1. The zero-order valence-corrected chi connectivity index (χ0v) is 12.5. The van der Waals surface area contributed by atoms with Crippen LogP contribution in [0.15, 0.2) is 47.9 Å². The average Bonchev–Trinajstić information content (AvgIpc) is 2.90. The molecular formula is C15H18N4S. The summed E-state index contributed by atoms with van der Waals surface area (Å²) in [6.45, 7) is 2.75. The third-order valence-electron chi connectivity index (χ3n) is 3.13. The Bertz CT molecular complexity index is 587. The maximum absolute atomic E-state index is 9.71. The van der Waals surface area contributed by atoms with Crippen molar-refractivity contribution in [3.63, 3.8) is 0 Å². The number of nitrogens with one attached hydrogen (secondary N) is 1. The summed E-state index contributed by atoms with van der Waals surface area (Å²) in [7, 11) is 1.96. The second-order valence-electron chi connectivity index (χ2n) is 4.52. The fourth-order valence-electron chi connectivity index (χ4n) is 2.06. The molecule has 0 amide bonds. The molecule has 0 spiro atoms. The molecule has 0 fully saturated rings. The Balaban J connectivity index is 2.24. The Labute approximate surface area is 123 Å². The molecule has 0 saturated heterocycles. The van der Waals surface area contributed by atoms with Crippen molar-refractivity contribution in [2.24, 2.45) is 7.05 Å². The van der Waals surface area contributed by atoms with Crippen molar-refractivity contribution in [1.29, 1.82) is 5.26 Å². The average molecular weight is 286 g/mol. The van der Waals surface area contributed by atoms with Gasteiger partial charge in [-0.2, -0.15) is 5.26 Å². The van der Waals surface area contributed by atoms with E-state index in [0.29, 0.717) is 5.75 Å². The van der Waals surface area contributed by atoms with Crippen molar-refractivity contribution in [2.75, 3.05) is 12.3 Å². The number of aryl methyl sites for hydroxylation is 1. The number of rotatable bonds is 6. The van der Waals surface area contributed by atoms with Crippen molar-refractivity contribution in [3.8, 4) is 6.07 Å². The minimum Gasteiger partial charge on any atom is -0.329 e. The molecule has 0 radical (unpaired) electrons. The first kappa shape index (κ1) is 14.6. The van der Waals surface area contributed by atoms with E-state index in [-0.39, 0.29) is 0 Å². The maximum atomic E-state index is 9.71. The van der Waals surface area contributed by atoms with Crippen LogP contribution in [0.3, 0.4) is 0 Å². The molecule has 1 atom stereocenters. The van der Waals surface area contributed by atoms with Crippen LogP contribution in [0.25, 0.3) is 0 Å². The van der Waals surface area contributed by atoms with E-state index in [2.05, 4.69) is 16.4 Å². The number of nitriles is 1. The van der Waals surface area contributed by atoms with E-state index in [4.69, 9.17) is 0 Å². The van der Waals surface area contributed by atoms with Crippen LogP contribution in [0.4, 0.5) is 0 Å². The van der Waals surface area contributed by atoms with Crippen LogP contribution in [-0.4, -0.2) is 21.8 Å². The molecule has 0 aliphatic rings. The highest BCUT2D eigenvalue weighted by atomic mass is 32.2. The number of aromatic nitrogens is 2. The fraction of sp³-hybridized carbons (Fsp3) is 0.333. The Morgan fingerprint density at radius 1 is 1.40 bits per heavy atom. The number of nitrogens with zero attached hydrogens (tertiary/aromatic N) is 3. The van der Waals surface area contributed by atoms with Gasteiger partial charge in [-0.1, -0.05) is 49.0 Å². The van der Waals surface area contributed by atoms with Crippen LogP contribution in [0.1, 0.15) is 12.5 Å². The maximum Gasteiger partial charge on any atom is 0.167 e. The molecule has 1 N–H and O–H groups in total. The topological polar surface area (TPSA) is 53.6 Å². The Morgan fingerprint density at radius 3 is 2.70 bits per heavy atom. The Hall–Kier alpha value is -1.77. The van der Waals surface area contributed by atoms with Crippen LogP contribution in [0.2, 0.25) is 0 Å². The van der Waals surface area contributed by atoms with E-state index < -0.39 is 5.54 Å². The fourth-order valence-corrected chi connectivity index (χ4v) is 3.14. The first-order valence-corrected chi connectivity index (χ1v) is 7.52. The first-order chi connectivity index (χ1) is 9.72. The third kappa shape index (κ3) is 3.03. The zero-order valence-electron chi connectivity index (χ0n) is 11.7. The lowest BCUT2D eigenvalue weighted by molar-refractivity contribution is 0.489. The predicted octanol–water partition coefficient (Wildman–Crippen LogP) is 2.54. The Kier molecular flexibility index (Phi) is 4.83. The highest BCUT2D eigenvalue weighted by Gasteiger charge is 2.31. The summed E-state index contributed by atoms with van der Waals surface area (Å²) in [6, 6.07) is 12.3. The highest BCUT2D eigenvalue weighted by molar-refractivity contribution is 7.99. The van der Waals surface area contributed by atoms with Crippen LogP contribution >= 0.6 is 11.8 Å². The SMILES string of the molecule is CCNC(C#N)(CSc1nccn1C)c1ccccc1. The van der Waals surface area contributed by atoms with E-state index in [1.165, 1.54) is 0 Å². The standard InChI is InChI=1S/C15H18N4S/c1-3-18-15(11-16,13-7-5-4-6-8-13)12-20-14-17-9-10-19(14)2/h4-10,18H,3,12H2,1-2H3. The van der Waals surface area contributed by atoms with Gasteiger partial charge in [0.2, 0.25) is 0 Å². The molecule has 0 bridgehead atoms. The molecule has 0 aliphatic heterocycles. The normalized spacial score (nSPS) is 13.7. The number of thioether (sulfide) groups is 1. The van der Waals surface area contributed by atoms with Gasteiger partial charge in [-0.3, -0.25) is 5.32 Å². The molecule has 1 aromatic carbocycles. The van der Waals surface area contributed by atoms with E-state index in [1.54, 1.807) is 18.0 Å². The van der Waals surface area contributed by atoms with Gasteiger partial charge in [-0.05, 0) is 12.1 Å². The van der Waals surface area contributed by atoms with Crippen molar-refractivity contribution in [2.45, 2.75) is 17.6 Å². The molecular weight excluding hydrogens is 268 g/mol. The van der Waals surface area contributed by atoms with Gasteiger partial charge >= 0.3 is 0 Å². The second-order valence-corrected chi connectivity index (χ2v) is 5.47. The van der Waals surface area contributed by atoms with Crippen LogP contribution in [0.5, 0.6) is 0 Å². The summed E-state index contributed by atoms with van der Waals surface area (Å²) in [5.74, 6) is 0.617. The second kappa shape index (κ2) is 6.60. The van der Waals surface area contributed by atoms with E-state index in [9.17, 15) is 5.26 Å². The quantitative estimate of drug-likeness (QED) is 0.829. The van der Waals surface area contributed by atoms with Crippen molar-refractivity contribution in [1.82, 2.24) is 14.9 Å². The van der Waals surface area contributed by atoms with Crippen LogP contribution in [-0.2, 0) is 12.6 Å². The zero-order chi connectivity index (χ0) is 14.4. The largest absolute Gasteiger partial charge is 0.329 e. The monoisotopic (exact) mass is 286 g/mol. The van der Waals surface area contributed by atoms with Gasteiger partial charge in [0.25, 0.3) is 0 Å². The molecule has 1 heterocycles. The number of imidazole rings is 1. The third-order valence-corrected chi connectivity index (χ3v) is 4.36. The molecule has 0 aliphatic carbocycles. The summed E-state index contributed by atoms with van der Waals surface area (Å²) in [4.78, 5) is 4.30. The lowest BCUT2D eigenvalue weighted by Crippen LogP contribution is -2.43. The van der Waals surface area contributed by atoms with Gasteiger partial charge in [0.05, 0.1) is 6.07 Å². The minimum absolute atomic E-state index is 0.617. The Morgan fingerprint density at radius 2 is 2.15 bits per heavy atom. The summed E-state index contributed by atoms with van der Waals surface area (Å²) >= 11 is 1.59. The van der Waals surface area contributed by atoms with Gasteiger partial charge < -0.3 is 4.57 Å². The molecule has 4 nitrogen and oxygen atoms in total. The summed E-state index contributed by atoms with van der Waals surface area (Å²) < 4.78 is 1.96. The summed E-state index contributed by atoms with van der Waals surface area (Å²) in [6.07, 6.45) is 3.68. The van der Waals surface area contributed by atoms with Gasteiger partial charge in [-0.15, -0.1) is 0 Å². The highest BCUT2D eigenvalue weighted by Crippen LogP contribution is 2.28. The van der Waals surface area contributed by atoms with E-state index >= 15 is 0 Å². The lowest BCUT2D eigenvalue weighted by Gasteiger charge is -2.27. The smallest absolute Gasteiger partial charge is 0.167 e. The minimum atomic E-state index is -0.688. The van der Waals surface area contributed by atoms with Crippen LogP contribution in [0, 0.1) is 11.3 Å². The van der Waals surface area contributed by atoms with Crippen LogP contribution < -0.4 is 5.32 Å². The van der Waals surface area contributed by atoms with E-state index in [0.717, 1.165) is 17.3 Å². The summed E-state index contributed by atoms with van der Waals surface area (Å²) in [5, 5.41) is 13.9. The van der Waals surface area contributed by atoms with E-state index in [1.807, 2.05) is 55.1 Å². The molecule has 104 valence electrons. The summed E-state index contributed by atoms with van der Waals surface area (Å²) in [5.41, 5.74) is 0.304. The van der Waals surface area contributed by atoms with Gasteiger partial charge in [0.15, 0.2) is 5.16 Å². The van der Waals surface area contributed by atoms with Gasteiger partial charge in [-0.25, -0.2) is 4.98 Å².